The van der Waals surface area contributed by atoms with E-state index in [4.69, 9.17) is 4.74 Å². The molecule has 2 N–H and O–H groups in total. The molecule has 0 bridgehead atoms. The van der Waals surface area contributed by atoms with E-state index in [1.54, 1.807) is 51.4 Å². The van der Waals surface area contributed by atoms with E-state index in [0.29, 0.717) is 5.82 Å². The summed E-state index contributed by atoms with van der Waals surface area (Å²) in [4.78, 5) is 29.5. The number of nitrogens with one attached hydrogen (secondary N) is 2. The van der Waals surface area contributed by atoms with Gasteiger partial charge in [-0.15, -0.1) is 0 Å². The van der Waals surface area contributed by atoms with Crippen LogP contribution in [0.3, 0.4) is 0 Å². The third-order valence-corrected chi connectivity index (χ3v) is 3.58. The molecular weight excluding hydrogens is 360 g/mol. The second kappa shape index (κ2) is 8.51. The average Bonchev–Trinajstić information content (AvgIpc) is 3.05. The summed E-state index contributed by atoms with van der Waals surface area (Å²) in [6, 6.07) is 8.00. The Hall–Kier alpha value is -3.42. The van der Waals surface area contributed by atoms with Gasteiger partial charge in [-0.2, -0.15) is 0 Å². The lowest BCUT2D eigenvalue weighted by Gasteiger charge is -2.19. The summed E-state index contributed by atoms with van der Waals surface area (Å²) in [7, 11) is 0. The van der Waals surface area contributed by atoms with Gasteiger partial charge in [-0.25, -0.2) is 9.78 Å². The molecule has 28 heavy (non-hydrogen) atoms. The number of rotatable bonds is 3. The quantitative estimate of drug-likeness (QED) is 0.457. The summed E-state index contributed by atoms with van der Waals surface area (Å²) in [6.07, 6.45) is 2.85. The van der Waals surface area contributed by atoms with Crippen molar-refractivity contribution in [3.05, 3.63) is 52.8 Å². The molecule has 0 saturated heterocycles. The van der Waals surface area contributed by atoms with Crippen molar-refractivity contribution in [1.29, 1.82) is 0 Å². The molecule has 0 saturated carbocycles. The minimum atomic E-state index is -0.594. The SMILES string of the molecule is CC.CC(C)(C)OC(=O)Nc1cc2[nH]cc(-c3ccc([N+](=O)[O-])cc3)c2cn1. The van der Waals surface area contributed by atoms with E-state index in [9.17, 15) is 14.9 Å². The van der Waals surface area contributed by atoms with E-state index in [1.165, 1.54) is 12.1 Å². The van der Waals surface area contributed by atoms with Gasteiger partial charge in [0.2, 0.25) is 0 Å². The number of aromatic amines is 1. The van der Waals surface area contributed by atoms with Gasteiger partial charge in [0, 0.05) is 41.5 Å². The van der Waals surface area contributed by atoms with Crippen LogP contribution in [0.4, 0.5) is 16.3 Å². The molecule has 0 radical (unpaired) electrons. The van der Waals surface area contributed by atoms with Gasteiger partial charge in [0.15, 0.2) is 0 Å². The van der Waals surface area contributed by atoms with E-state index in [2.05, 4.69) is 15.3 Å². The van der Waals surface area contributed by atoms with Crippen LogP contribution in [0.2, 0.25) is 0 Å². The molecule has 0 atom stereocenters. The van der Waals surface area contributed by atoms with Crippen molar-refractivity contribution in [2.75, 3.05) is 5.32 Å². The number of carbonyl (C=O) groups is 1. The van der Waals surface area contributed by atoms with Gasteiger partial charge in [0.25, 0.3) is 5.69 Å². The van der Waals surface area contributed by atoms with Crippen LogP contribution in [0, 0.1) is 10.1 Å². The number of hydrogen-bond acceptors (Lipinski definition) is 5. The van der Waals surface area contributed by atoms with Crippen LogP contribution in [0.1, 0.15) is 34.6 Å². The molecule has 0 aliphatic rings. The molecule has 0 unspecified atom stereocenters. The lowest BCUT2D eigenvalue weighted by Crippen LogP contribution is -2.27. The summed E-state index contributed by atoms with van der Waals surface area (Å²) in [5.74, 6) is 0.365. The summed E-state index contributed by atoms with van der Waals surface area (Å²) >= 11 is 0. The Balaban J connectivity index is 0.00000136. The van der Waals surface area contributed by atoms with E-state index >= 15 is 0 Å². The normalized spacial score (nSPS) is 10.8. The molecule has 3 rings (SSSR count). The van der Waals surface area contributed by atoms with Gasteiger partial charge in [-0.05, 0) is 38.5 Å². The highest BCUT2D eigenvalue weighted by atomic mass is 16.6. The van der Waals surface area contributed by atoms with Crippen LogP contribution in [-0.4, -0.2) is 26.6 Å². The number of nitrogens with zero attached hydrogens (tertiary/aromatic N) is 2. The molecule has 8 nitrogen and oxygen atoms in total. The van der Waals surface area contributed by atoms with E-state index in [-0.39, 0.29) is 5.69 Å². The maximum Gasteiger partial charge on any atom is 0.413 e. The Morgan fingerprint density at radius 3 is 2.43 bits per heavy atom. The van der Waals surface area contributed by atoms with Crippen molar-refractivity contribution in [3.63, 3.8) is 0 Å². The number of ether oxygens (including phenoxy) is 1. The number of non-ortho nitro benzene ring substituents is 1. The van der Waals surface area contributed by atoms with Gasteiger partial charge in [0.05, 0.1) is 10.4 Å². The number of hydrogen-bond donors (Lipinski definition) is 2. The van der Waals surface area contributed by atoms with Crippen LogP contribution < -0.4 is 5.32 Å². The van der Waals surface area contributed by atoms with E-state index in [0.717, 1.165) is 22.0 Å². The standard InChI is InChI=1S/C18H18N4O4.C2H6/c1-18(2,3)26-17(23)21-16-8-15-14(10-20-16)13(9-19-15)11-4-6-12(7-5-11)22(24)25;1-2/h4-10,19H,1-3H3,(H,20,21,23);1-2H3. The van der Waals surface area contributed by atoms with Crippen LogP contribution in [0.5, 0.6) is 0 Å². The third-order valence-electron chi connectivity index (χ3n) is 3.58. The number of amides is 1. The second-order valence-electron chi connectivity index (χ2n) is 6.75. The van der Waals surface area contributed by atoms with Gasteiger partial charge < -0.3 is 9.72 Å². The zero-order valence-electron chi connectivity index (χ0n) is 16.6. The van der Waals surface area contributed by atoms with Crippen molar-refractivity contribution >= 4 is 28.5 Å². The Morgan fingerprint density at radius 1 is 1.21 bits per heavy atom. The lowest BCUT2D eigenvalue weighted by molar-refractivity contribution is -0.384. The zero-order chi connectivity index (χ0) is 20.9. The molecule has 1 amide bonds. The van der Waals surface area contributed by atoms with Crippen LogP contribution in [-0.2, 0) is 4.74 Å². The van der Waals surface area contributed by atoms with Gasteiger partial charge in [0.1, 0.15) is 11.4 Å². The van der Waals surface area contributed by atoms with Crippen LogP contribution in [0.25, 0.3) is 22.0 Å². The Morgan fingerprint density at radius 2 is 1.86 bits per heavy atom. The predicted molar refractivity (Wildman–Crippen MR) is 109 cm³/mol. The molecule has 0 aliphatic heterocycles. The number of fused-ring (bicyclic) bond motifs is 1. The number of benzene rings is 1. The molecule has 148 valence electrons. The smallest absolute Gasteiger partial charge is 0.413 e. The molecule has 0 aliphatic carbocycles. The Labute approximate surface area is 163 Å². The number of nitro groups is 1. The highest BCUT2D eigenvalue weighted by Crippen LogP contribution is 2.30. The van der Waals surface area contributed by atoms with E-state index < -0.39 is 16.6 Å². The second-order valence-corrected chi connectivity index (χ2v) is 6.75. The first-order valence-electron chi connectivity index (χ1n) is 8.95. The molecular formula is C20H24N4O4. The summed E-state index contributed by atoms with van der Waals surface area (Å²) in [5.41, 5.74) is 1.92. The van der Waals surface area contributed by atoms with Crippen molar-refractivity contribution in [2.24, 2.45) is 0 Å². The number of H-pyrrole nitrogens is 1. The summed E-state index contributed by atoms with van der Waals surface area (Å²) in [6.45, 7) is 9.35. The first-order valence-corrected chi connectivity index (χ1v) is 8.95. The number of carbonyl (C=O) groups excluding carboxylic acids is 1. The van der Waals surface area contributed by atoms with Crippen molar-refractivity contribution in [3.8, 4) is 11.1 Å². The lowest BCUT2D eigenvalue weighted by atomic mass is 10.1. The highest BCUT2D eigenvalue weighted by Gasteiger charge is 2.17. The largest absolute Gasteiger partial charge is 0.444 e. The molecule has 3 aromatic rings. The Bertz CT molecular complexity index is 972. The topological polar surface area (TPSA) is 110 Å². The Kier molecular flexibility index (Phi) is 6.35. The first kappa shape index (κ1) is 20.9. The summed E-state index contributed by atoms with van der Waals surface area (Å²) in [5, 5.41) is 14.2. The molecule has 8 heteroatoms. The minimum Gasteiger partial charge on any atom is -0.444 e. The maximum absolute atomic E-state index is 11.8. The van der Waals surface area contributed by atoms with Crippen LogP contribution in [0.15, 0.2) is 42.7 Å². The van der Waals surface area contributed by atoms with Gasteiger partial charge in [-0.3, -0.25) is 15.4 Å². The number of nitro benzene ring substituents is 1. The highest BCUT2D eigenvalue weighted by molar-refractivity contribution is 5.97. The maximum atomic E-state index is 11.8. The fourth-order valence-electron chi connectivity index (χ4n) is 2.50. The van der Waals surface area contributed by atoms with Crippen LogP contribution >= 0.6 is 0 Å². The minimum absolute atomic E-state index is 0.0376. The summed E-state index contributed by atoms with van der Waals surface area (Å²) < 4.78 is 5.20. The van der Waals surface area contributed by atoms with Crippen molar-refractivity contribution < 1.29 is 14.5 Å². The molecule has 2 aromatic heterocycles. The van der Waals surface area contributed by atoms with E-state index in [1.807, 2.05) is 13.8 Å². The monoisotopic (exact) mass is 384 g/mol. The zero-order valence-corrected chi connectivity index (χ0v) is 16.6. The number of pyridine rings is 1. The molecule has 0 spiro atoms. The van der Waals surface area contributed by atoms with Gasteiger partial charge >= 0.3 is 6.09 Å². The number of anilines is 1. The third kappa shape index (κ3) is 5.06. The average molecular weight is 384 g/mol. The fourth-order valence-corrected chi connectivity index (χ4v) is 2.50. The molecule has 1 aromatic carbocycles. The fraction of sp³-hybridized carbons (Fsp3) is 0.300. The first-order chi connectivity index (χ1) is 13.2. The van der Waals surface area contributed by atoms with Crippen molar-refractivity contribution in [1.82, 2.24) is 9.97 Å². The van der Waals surface area contributed by atoms with Crippen molar-refractivity contribution in [2.45, 2.75) is 40.2 Å². The molecule has 2 heterocycles. The predicted octanol–water partition coefficient (Wildman–Crippen LogP) is 5.51. The number of aromatic nitrogens is 2. The molecule has 0 fully saturated rings. The van der Waals surface area contributed by atoms with Gasteiger partial charge in [-0.1, -0.05) is 13.8 Å².